The molecule has 6 heteroatoms. The zero-order valence-corrected chi connectivity index (χ0v) is 13.1. The van der Waals surface area contributed by atoms with Crippen molar-refractivity contribution in [1.29, 1.82) is 5.26 Å². The van der Waals surface area contributed by atoms with E-state index in [1.165, 1.54) is 11.5 Å². The molecule has 0 bridgehead atoms. The molecule has 1 N–H and O–H groups in total. The van der Waals surface area contributed by atoms with Crippen molar-refractivity contribution < 1.29 is 4.79 Å². The van der Waals surface area contributed by atoms with Crippen molar-refractivity contribution in [2.45, 2.75) is 26.3 Å². The number of hydrogen-bond acceptors (Lipinski definition) is 5. The molecule has 1 fully saturated rings. The van der Waals surface area contributed by atoms with Crippen LogP contribution in [-0.4, -0.2) is 16.8 Å². The first-order chi connectivity index (χ1) is 10.7. The predicted molar refractivity (Wildman–Crippen MR) is 86.9 cm³/mol. The number of amides is 1. The Bertz CT molecular complexity index is 747. The van der Waals surface area contributed by atoms with Crippen LogP contribution in [0.25, 0.3) is 0 Å². The molecular formula is C16H16N4OS. The topological polar surface area (TPSA) is 69.0 Å². The number of benzene rings is 1. The highest BCUT2D eigenvalue weighted by Gasteiger charge is 2.21. The second kappa shape index (κ2) is 6.16. The highest BCUT2D eigenvalue weighted by Crippen LogP contribution is 2.25. The van der Waals surface area contributed by atoms with Gasteiger partial charge in [-0.05, 0) is 42.6 Å². The molecule has 0 saturated carbocycles. The number of nitrogens with one attached hydrogen (secondary N) is 1. The van der Waals surface area contributed by atoms with Gasteiger partial charge in [0.1, 0.15) is 16.6 Å². The van der Waals surface area contributed by atoms with Crippen molar-refractivity contribution in [3.05, 3.63) is 41.1 Å². The summed E-state index contributed by atoms with van der Waals surface area (Å²) in [4.78, 5) is 13.7. The summed E-state index contributed by atoms with van der Waals surface area (Å²) in [6.07, 6.45) is 1.56. The molecule has 22 heavy (non-hydrogen) atoms. The van der Waals surface area contributed by atoms with E-state index in [0.717, 1.165) is 34.9 Å². The van der Waals surface area contributed by atoms with Gasteiger partial charge >= 0.3 is 0 Å². The van der Waals surface area contributed by atoms with Crippen LogP contribution in [0.2, 0.25) is 0 Å². The monoisotopic (exact) mass is 312 g/mol. The number of nitrogens with zero attached hydrogens (tertiary/aromatic N) is 3. The third-order valence-electron chi connectivity index (χ3n) is 3.72. The molecule has 5 nitrogen and oxygen atoms in total. The van der Waals surface area contributed by atoms with Gasteiger partial charge in [-0.15, -0.1) is 0 Å². The molecule has 1 amide bonds. The van der Waals surface area contributed by atoms with Gasteiger partial charge in [-0.1, -0.05) is 12.1 Å². The second-order valence-corrected chi connectivity index (χ2v) is 6.03. The molecule has 0 unspecified atom stereocenters. The first-order valence-corrected chi connectivity index (χ1v) is 7.96. The van der Waals surface area contributed by atoms with Gasteiger partial charge in [-0.25, -0.2) is 0 Å². The van der Waals surface area contributed by atoms with Crippen LogP contribution in [0.15, 0.2) is 24.3 Å². The Morgan fingerprint density at radius 1 is 1.50 bits per heavy atom. The molecule has 1 aromatic carbocycles. The largest absolute Gasteiger partial charge is 0.370 e. The highest BCUT2D eigenvalue weighted by atomic mass is 32.1. The van der Waals surface area contributed by atoms with E-state index in [0.29, 0.717) is 18.5 Å². The van der Waals surface area contributed by atoms with E-state index >= 15 is 0 Å². The Morgan fingerprint density at radius 3 is 3.09 bits per heavy atom. The summed E-state index contributed by atoms with van der Waals surface area (Å²) in [6, 6.07) is 10.1. The van der Waals surface area contributed by atoms with Crippen molar-refractivity contribution in [3.8, 4) is 6.07 Å². The summed E-state index contributed by atoms with van der Waals surface area (Å²) in [5.41, 5.74) is 3.39. The Kier molecular flexibility index (Phi) is 4.07. The number of aromatic nitrogens is 1. The lowest BCUT2D eigenvalue weighted by Crippen LogP contribution is -2.23. The Labute approximate surface area is 133 Å². The van der Waals surface area contributed by atoms with E-state index in [1.54, 1.807) is 0 Å². The molecule has 1 aliphatic heterocycles. The fourth-order valence-corrected chi connectivity index (χ4v) is 3.30. The van der Waals surface area contributed by atoms with Crippen LogP contribution in [0, 0.1) is 18.3 Å². The molecule has 1 aliphatic rings. The van der Waals surface area contributed by atoms with Crippen LogP contribution in [0.3, 0.4) is 0 Å². The molecular weight excluding hydrogens is 296 g/mol. The Morgan fingerprint density at radius 2 is 2.36 bits per heavy atom. The minimum absolute atomic E-state index is 0.190. The molecule has 0 atom stereocenters. The zero-order valence-electron chi connectivity index (χ0n) is 12.3. The average molecular weight is 312 g/mol. The summed E-state index contributed by atoms with van der Waals surface area (Å²) in [5, 5.41) is 13.2. The number of carbonyl (C=O) groups is 1. The number of anilines is 2. The average Bonchev–Trinajstić information content (AvgIpc) is 3.11. The van der Waals surface area contributed by atoms with E-state index in [4.69, 9.17) is 5.26 Å². The van der Waals surface area contributed by atoms with Crippen LogP contribution in [0.5, 0.6) is 0 Å². The third kappa shape index (κ3) is 2.81. The van der Waals surface area contributed by atoms with Crippen molar-refractivity contribution in [2.75, 3.05) is 16.8 Å². The maximum atomic E-state index is 11.8. The molecule has 3 rings (SSSR count). The SMILES string of the molecule is Cc1nsc(NCc2cccc(N3CCCC3=O)c2)c1C#N. The maximum Gasteiger partial charge on any atom is 0.227 e. The maximum absolute atomic E-state index is 11.8. The lowest BCUT2D eigenvalue weighted by molar-refractivity contribution is -0.117. The summed E-state index contributed by atoms with van der Waals surface area (Å²) in [7, 11) is 0. The summed E-state index contributed by atoms with van der Waals surface area (Å²) in [5.74, 6) is 0.190. The lowest BCUT2D eigenvalue weighted by atomic mass is 10.2. The fourth-order valence-electron chi connectivity index (χ4n) is 2.56. The van der Waals surface area contributed by atoms with Crippen LogP contribution in [0.1, 0.15) is 29.7 Å². The quantitative estimate of drug-likeness (QED) is 0.942. The Balaban J connectivity index is 1.73. The van der Waals surface area contributed by atoms with Gasteiger partial charge in [0, 0.05) is 25.2 Å². The standard InChI is InChI=1S/C16H16N4OS/c1-11-14(9-17)16(22-19-11)18-10-12-4-2-5-13(8-12)20-7-3-6-15(20)21/h2,4-5,8,18H,3,6-7,10H2,1H3. The summed E-state index contributed by atoms with van der Waals surface area (Å²) < 4.78 is 4.19. The van der Waals surface area contributed by atoms with Crippen LogP contribution in [0.4, 0.5) is 10.7 Å². The summed E-state index contributed by atoms with van der Waals surface area (Å²) >= 11 is 1.30. The number of nitriles is 1. The van der Waals surface area contributed by atoms with E-state index in [9.17, 15) is 4.79 Å². The van der Waals surface area contributed by atoms with E-state index < -0.39 is 0 Å². The van der Waals surface area contributed by atoms with Crippen LogP contribution in [-0.2, 0) is 11.3 Å². The van der Waals surface area contributed by atoms with E-state index in [2.05, 4.69) is 15.8 Å². The van der Waals surface area contributed by atoms with Gasteiger partial charge in [0.25, 0.3) is 0 Å². The first kappa shape index (κ1) is 14.5. The van der Waals surface area contributed by atoms with E-state index in [-0.39, 0.29) is 5.91 Å². The number of aryl methyl sites for hydroxylation is 1. The third-order valence-corrected chi connectivity index (χ3v) is 4.62. The van der Waals surface area contributed by atoms with Gasteiger partial charge < -0.3 is 10.2 Å². The minimum Gasteiger partial charge on any atom is -0.370 e. The number of rotatable bonds is 4. The molecule has 112 valence electrons. The van der Waals surface area contributed by atoms with Crippen molar-refractivity contribution in [1.82, 2.24) is 4.37 Å². The van der Waals surface area contributed by atoms with E-state index in [1.807, 2.05) is 36.1 Å². The molecule has 2 aromatic rings. The van der Waals surface area contributed by atoms with Crippen molar-refractivity contribution in [3.63, 3.8) is 0 Å². The first-order valence-electron chi connectivity index (χ1n) is 7.18. The minimum atomic E-state index is 0.190. The van der Waals surface area contributed by atoms with Gasteiger partial charge in [0.15, 0.2) is 0 Å². The van der Waals surface area contributed by atoms with Gasteiger partial charge in [0.2, 0.25) is 5.91 Å². The predicted octanol–water partition coefficient (Wildman–Crippen LogP) is 3.06. The summed E-state index contributed by atoms with van der Waals surface area (Å²) in [6.45, 7) is 3.23. The zero-order chi connectivity index (χ0) is 15.5. The molecule has 0 aliphatic carbocycles. The normalized spacial score (nSPS) is 14.2. The highest BCUT2D eigenvalue weighted by molar-refractivity contribution is 7.10. The number of hydrogen-bond donors (Lipinski definition) is 1. The molecule has 0 spiro atoms. The van der Waals surface area contributed by atoms with Crippen LogP contribution >= 0.6 is 11.5 Å². The molecule has 0 radical (unpaired) electrons. The molecule has 1 aromatic heterocycles. The second-order valence-electron chi connectivity index (χ2n) is 5.26. The fraction of sp³-hybridized carbons (Fsp3) is 0.312. The molecule has 2 heterocycles. The van der Waals surface area contributed by atoms with Crippen molar-refractivity contribution in [2.24, 2.45) is 0 Å². The van der Waals surface area contributed by atoms with Gasteiger partial charge in [-0.3, -0.25) is 4.79 Å². The van der Waals surface area contributed by atoms with Gasteiger partial charge in [-0.2, -0.15) is 9.64 Å². The lowest BCUT2D eigenvalue weighted by Gasteiger charge is -2.16. The van der Waals surface area contributed by atoms with Gasteiger partial charge in [0.05, 0.1) is 5.69 Å². The smallest absolute Gasteiger partial charge is 0.227 e. The Hall–Kier alpha value is -2.39. The van der Waals surface area contributed by atoms with Crippen molar-refractivity contribution >= 4 is 28.1 Å². The molecule has 1 saturated heterocycles. The van der Waals surface area contributed by atoms with Crippen LogP contribution < -0.4 is 10.2 Å². The number of carbonyl (C=O) groups excluding carboxylic acids is 1.